The van der Waals surface area contributed by atoms with Gasteiger partial charge in [-0.3, -0.25) is 4.79 Å². The second-order valence-electron chi connectivity index (χ2n) is 5.73. The number of nitrogens with one attached hydrogen (secondary N) is 1. The van der Waals surface area contributed by atoms with Crippen LogP contribution < -0.4 is 14.8 Å². The number of methoxy groups -OCH3 is 1. The van der Waals surface area contributed by atoms with Crippen LogP contribution in [0.3, 0.4) is 0 Å². The van der Waals surface area contributed by atoms with E-state index in [9.17, 15) is 4.79 Å². The molecular weight excluding hydrogens is 322 g/mol. The van der Waals surface area contributed by atoms with Crippen molar-refractivity contribution in [3.8, 4) is 11.5 Å². The van der Waals surface area contributed by atoms with Gasteiger partial charge in [0.1, 0.15) is 6.61 Å². The van der Waals surface area contributed by atoms with E-state index in [0.717, 1.165) is 22.6 Å². The fraction of sp³-hybridized carbons (Fsp3) is 0.316. The maximum absolute atomic E-state index is 12.5. The van der Waals surface area contributed by atoms with Gasteiger partial charge in [0, 0.05) is 11.4 Å². The molecule has 0 bridgehead atoms. The SMILES string of the molecule is COc1cccc2c1OC[C@@H](C(=O)NCc1cccc(SC)c1)C2. The largest absolute Gasteiger partial charge is 0.493 e. The van der Waals surface area contributed by atoms with Gasteiger partial charge < -0.3 is 14.8 Å². The number of carbonyl (C=O) groups excluding carboxylic acids is 1. The Morgan fingerprint density at radius 3 is 2.96 bits per heavy atom. The van der Waals surface area contributed by atoms with Crippen LogP contribution in [0.25, 0.3) is 0 Å². The molecule has 2 aromatic carbocycles. The number of para-hydroxylation sites is 1. The van der Waals surface area contributed by atoms with Crippen LogP contribution in [0.1, 0.15) is 11.1 Å². The number of carbonyl (C=O) groups is 1. The van der Waals surface area contributed by atoms with Gasteiger partial charge in [0.05, 0.1) is 13.0 Å². The van der Waals surface area contributed by atoms with E-state index in [-0.39, 0.29) is 11.8 Å². The molecule has 1 atom stereocenters. The Hall–Kier alpha value is -2.14. The van der Waals surface area contributed by atoms with Crippen molar-refractivity contribution < 1.29 is 14.3 Å². The van der Waals surface area contributed by atoms with Gasteiger partial charge in [-0.05, 0) is 42.0 Å². The number of ether oxygens (including phenoxy) is 2. The van der Waals surface area contributed by atoms with E-state index in [4.69, 9.17) is 9.47 Å². The summed E-state index contributed by atoms with van der Waals surface area (Å²) in [6.07, 6.45) is 2.71. The van der Waals surface area contributed by atoms with Crippen molar-refractivity contribution >= 4 is 17.7 Å². The van der Waals surface area contributed by atoms with E-state index in [1.807, 2.05) is 36.6 Å². The van der Waals surface area contributed by atoms with Gasteiger partial charge in [-0.15, -0.1) is 11.8 Å². The zero-order valence-electron chi connectivity index (χ0n) is 13.9. The third-order valence-corrected chi connectivity index (χ3v) is 4.87. The van der Waals surface area contributed by atoms with E-state index >= 15 is 0 Å². The highest BCUT2D eigenvalue weighted by Crippen LogP contribution is 2.36. The lowest BCUT2D eigenvalue weighted by atomic mass is 9.95. The lowest BCUT2D eigenvalue weighted by Gasteiger charge is -2.25. The molecule has 126 valence electrons. The first kappa shape index (κ1) is 16.7. The van der Waals surface area contributed by atoms with Crippen molar-refractivity contribution in [1.29, 1.82) is 0 Å². The third kappa shape index (κ3) is 3.67. The summed E-state index contributed by atoms with van der Waals surface area (Å²) in [5, 5.41) is 3.02. The molecule has 5 heteroatoms. The Morgan fingerprint density at radius 1 is 1.33 bits per heavy atom. The van der Waals surface area contributed by atoms with Crippen molar-refractivity contribution in [2.45, 2.75) is 17.9 Å². The van der Waals surface area contributed by atoms with Gasteiger partial charge in [-0.25, -0.2) is 0 Å². The summed E-state index contributed by atoms with van der Waals surface area (Å²) in [7, 11) is 1.63. The first-order valence-electron chi connectivity index (χ1n) is 7.90. The molecule has 0 aliphatic carbocycles. The molecule has 3 rings (SSSR count). The summed E-state index contributed by atoms with van der Waals surface area (Å²) in [6, 6.07) is 14.0. The van der Waals surface area contributed by atoms with Crippen LogP contribution in [0.4, 0.5) is 0 Å². The molecule has 0 fully saturated rings. The number of amides is 1. The number of thioether (sulfide) groups is 1. The maximum atomic E-state index is 12.5. The molecule has 4 nitrogen and oxygen atoms in total. The van der Waals surface area contributed by atoms with Crippen LogP contribution >= 0.6 is 11.8 Å². The molecule has 1 aliphatic heterocycles. The number of benzene rings is 2. The molecule has 2 aromatic rings. The minimum Gasteiger partial charge on any atom is -0.493 e. The summed E-state index contributed by atoms with van der Waals surface area (Å²) < 4.78 is 11.1. The Bertz CT molecular complexity index is 732. The smallest absolute Gasteiger partial charge is 0.227 e. The lowest BCUT2D eigenvalue weighted by molar-refractivity contribution is -0.126. The molecule has 1 heterocycles. The summed E-state index contributed by atoms with van der Waals surface area (Å²) >= 11 is 1.70. The van der Waals surface area contributed by atoms with E-state index in [2.05, 4.69) is 17.4 Å². The molecule has 0 spiro atoms. The normalized spacial score (nSPS) is 16.0. The van der Waals surface area contributed by atoms with E-state index in [1.165, 1.54) is 4.90 Å². The van der Waals surface area contributed by atoms with E-state index in [1.54, 1.807) is 18.9 Å². The Kier molecular flexibility index (Phi) is 5.30. The molecular formula is C19H21NO3S. The van der Waals surface area contributed by atoms with E-state index in [0.29, 0.717) is 19.6 Å². The Balaban J connectivity index is 1.62. The summed E-state index contributed by atoms with van der Waals surface area (Å²) in [5.74, 6) is 1.34. The fourth-order valence-corrected chi connectivity index (χ4v) is 3.32. The van der Waals surface area contributed by atoms with Crippen molar-refractivity contribution in [3.05, 3.63) is 53.6 Å². The van der Waals surface area contributed by atoms with Crippen molar-refractivity contribution in [2.24, 2.45) is 5.92 Å². The number of hydrogen-bond acceptors (Lipinski definition) is 4. The number of fused-ring (bicyclic) bond motifs is 1. The summed E-state index contributed by atoms with van der Waals surface area (Å²) in [5.41, 5.74) is 2.12. The highest BCUT2D eigenvalue weighted by molar-refractivity contribution is 7.98. The second kappa shape index (κ2) is 7.62. The van der Waals surface area contributed by atoms with Crippen molar-refractivity contribution in [1.82, 2.24) is 5.32 Å². The molecule has 0 saturated carbocycles. The van der Waals surface area contributed by atoms with Crippen LogP contribution in [0, 0.1) is 5.92 Å². The summed E-state index contributed by atoms with van der Waals surface area (Å²) in [4.78, 5) is 13.7. The predicted molar refractivity (Wildman–Crippen MR) is 95.8 cm³/mol. The van der Waals surface area contributed by atoms with Crippen LogP contribution in [0.2, 0.25) is 0 Å². The number of hydrogen-bond donors (Lipinski definition) is 1. The first-order valence-corrected chi connectivity index (χ1v) is 9.13. The zero-order chi connectivity index (χ0) is 16.9. The minimum atomic E-state index is -0.173. The zero-order valence-corrected chi connectivity index (χ0v) is 14.7. The van der Waals surface area contributed by atoms with Gasteiger partial charge in [0.2, 0.25) is 5.91 Å². The van der Waals surface area contributed by atoms with Gasteiger partial charge in [0.15, 0.2) is 11.5 Å². The van der Waals surface area contributed by atoms with Crippen molar-refractivity contribution in [3.63, 3.8) is 0 Å². The molecule has 1 N–H and O–H groups in total. The molecule has 0 unspecified atom stereocenters. The average Bonchev–Trinajstić information content (AvgIpc) is 2.65. The van der Waals surface area contributed by atoms with Crippen LogP contribution in [0.5, 0.6) is 11.5 Å². The van der Waals surface area contributed by atoms with Gasteiger partial charge >= 0.3 is 0 Å². The summed E-state index contributed by atoms with van der Waals surface area (Å²) in [6.45, 7) is 0.915. The average molecular weight is 343 g/mol. The lowest BCUT2D eigenvalue weighted by Crippen LogP contribution is -2.37. The standard InChI is InChI=1S/C19H21NO3S/c1-22-17-8-4-6-14-10-15(12-23-18(14)17)19(21)20-11-13-5-3-7-16(9-13)24-2/h3-9,15H,10-12H2,1-2H3,(H,20,21)/t15-/m0/s1. The highest BCUT2D eigenvalue weighted by atomic mass is 32.2. The molecule has 24 heavy (non-hydrogen) atoms. The molecule has 0 radical (unpaired) electrons. The second-order valence-corrected chi connectivity index (χ2v) is 6.61. The fourth-order valence-electron chi connectivity index (χ4n) is 2.84. The minimum absolute atomic E-state index is 0.0259. The van der Waals surface area contributed by atoms with Gasteiger partial charge in [-0.2, -0.15) is 0 Å². The topological polar surface area (TPSA) is 47.6 Å². The van der Waals surface area contributed by atoms with Gasteiger partial charge in [-0.1, -0.05) is 24.3 Å². The predicted octanol–water partition coefficient (Wildman–Crippen LogP) is 3.28. The van der Waals surface area contributed by atoms with E-state index < -0.39 is 0 Å². The Morgan fingerprint density at radius 2 is 2.17 bits per heavy atom. The third-order valence-electron chi connectivity index (χ3n) is 4.15. The number of rotatable bonds is 5. The maximum Gasteiger partial charge on any atom is 0.227 e. The quantitative estimate of drug-likeness (QED) is 0.847. The Labute approximate surface area is 146 Å². The molecule has 1 amide bonds. The van der Waals surface area contributed by atoms with Crippen molar-refractivity contribution in [2.75, 3.05) is 20.0 Å². The van der Waals surface area contributed by atoms with Crippen LogP contribution in [-0.4, -0.2) is 25.9 Å². The molecule has 0 saturated heterocycles. The first-order chi connectivity index (χ1) is 11.7. The highest BCUT2D eigenvalue weighted by Gasteiger charge is 2.27. The molecule has 0 aromatic heterocycles. The van der Waals surface area contributed by atoms with Gasteiger partial charge in [0.25, 0.3) is 0 Å². The molecule has 1 aliphatic rings. The van der Waals surface area contributed by atoms with Crippen LogP contribution in [-0.2, 0) is 17.8 Å². The van der Waals surface area contributed by atoms with Crippen LogP contribution in [0.15, 0.2) is 47.4 Å². The monoisotopic (exact) mass is 343 g/mol.